The Labute approximate surface area is 374 Å². The molecular formula is C45H56N2O18. The Kier molecular flexibility index (Phi) is 25.0. The van der Waals surface area contributed by atoms with Gasteiger partial charge in [0.25, 0.3) is 0 Å². The highest BCUT2D eigenvalue weighted by molar-refractivity contribution is 6.23. The van der Waals surface area contributed by atoms with Gasteiger partial charge in [-0.25, -0.2) is 19.2 Å². The predicted molar refractivity (Wildman–Crippen MR) is 236 cm³/mol. The van der Waals surface area contributed by atoms with Crippen LogP contribution >= 0.6 is 0 Å². The molecule has 0 aromatic heterocycles. The number of nitrogen functional groups attached to an aromatic ring is 2. The molecule has 2 aromatic rings. The van der Waals surface area contributed by atoms with Gasteiger partial charge in [-0.1, -0.05) is 57.7 Å². The van der Waals surface area contributed by atoms with E-state index in [1.54, 1.807) is 30.3 Å². The van der Waals surface area contributed by atoms with Gasteiger partial charge in [0.2, 0.25) is 34.3 Å². The third kappa shape index (κ3) is 14.1. The number of esters is 2. The van der Waals surface area contributed by atoms with E-state index in [9.17, 15) is 69.0 Å². The fourth-order valence-electron chi connectivity index (χ4n) is 5.28. The van der Waals surface area contributed by atoms with Crippen LogP contribution in [0.1, 0.15) is 41.5 Å². The van der Waals surface area contributed by atoms with Crippen LogP contribution in [0.4, 0.5) is 11.4 Å². The van der Waals surface area contributed by atoms with E-state index >= 15 is 0 Å². The van der Waals surface area contributed by atoms with Crippen LogP contribution in [-0.2, 0) is 38.2 Å². The Morgan fingerprint density at radius 2 is 0.985 bits per heavy atom. The van der Waals surface area contributed by atoms with E-state index in [-0.39, 0.29) is 27.8 Å². The summed E-state index contributed by atoms with van der Waals surface area (Å²) < 4.78 is 10.00. The Bertz CT molecular complexity index is 2080. The number of aliphatic hydroxyl groups is 6. The van der Waals surface area contributed by atoms with Crippen molar-refractivity contribution in [2.45, 2.75) is 32.0 Å². The number of carboxylic acids is 2. The molecule has 0 aliphatic carbocycles. The number of carbonyl (C=O) groups is 8. The molecule has 0 amide bonds. The SMILES string of the molecule is C=C(C)C(=O)OC(C(=O)C(=C)C)(C(=O)C(=C)C)C(CO)(CO)CO.C=CC(=O)OC(C(=O)C=C)(C(=O)C=C)C(CO)(CO)CO.Nc1cccc(C(=O)O)c1.Nc1ccccc1C(=O)O. The summed E-state index contributed by atoms with van der Waals surface area (Å²) in [6, 6.07) is 12.5. The van der Waals surface area contributed by atoms with E-state index in [1.807, 2.05) is 0 Å². The van der Waals surface area contributed by atoms with Gasteiger partial charge in [-0.15, -0.1) is 0 Å². The quantitative estimate of drug-likeness (QED) is 0.0340. The minimum absolute atomic E-state index is 0.119. The number of rotatable bonds is 22. The van der Waals surface area contributed by atoms with E-state index < -0.39 is 109 Å². The van der Waals surface area contributed by atoms with Gasteiger partial charge in [-0.2, -0.15) is 0 Å². The second kappa shape index (κ2) is 27.1. The largest absolute Gasteiger partial charge is 0.478 e. The summed E-state index contributed by atoms with van der Waals surface area (Å²) in [6.45, 7) is 17.6. The maximum Gasteiger partial charge on any atom is 0.337 e. The number of carbonyl (C=O) groups excluding carboxylic acids is 6. The summed E-state index contributed by atoms with van der Waals surface area (Å²) in [5.41, 5.74) is 1.65. The van der Waals surface area contributed by atoms with Crippen molar-refractivity contribution in [1.29, 1.82) is 0 Å². The summed E-state index contributed by atoms with van der Waals surface area (Å²) in [7, 11) is 0. The minimum atomic E-state index is -2.71. The molecule has 0 atom stereocenters. The number of nitrogens with two attached hydrogens (primary N) is 2. The van der Waals surface area contributed by atoms with Crippen LogP contribution in [0, 0.1) is 10.8 Å². The molecule has 0 saturated heterocycles. The summed E-state index contributed by atoms with van der Waals surface area (Å²) in [5.74, 6) is -8.52. The number of hydrogen-bond donors (Lipinski definition) is 10. The predicted octanol–water partition coefficient (Wildman–Crippen LogP) is 0.960. The Hall–Kier alpha value is -7.20. The van der Waals surface area contributed by atoms with Crippen molar-refractivity contribution < 1.29 is 88.7 Å². The molecule has 2 aromatic carbocycles. The molecular weight excluding hydrogens is 856 g/mol. The number of anilines is 2. The topological polar surface area (TPSA) is 369 Å². The molecule has 0 aliphatic rings. The van der Waals surface area contributed by atoms with Gasteiger partial charge in [-0.05, 0) is 74.4 Å². The van der Waals surface area contributed by atoms with Gasteiger partial charge in [-0.3, -0.25) is 19.2 Å². The van der Waals surface area contributed by atoms with Crippen molar-refractivity contribution in [1.82, 2.24) is 0 Å². The number of para-hydroxylation sites is 1. The van der Waals surface area contributed by atoms with Gasteiger partial charge in [0.1, 0.15) is 0 Å². The van der Waals surface area contributed by atoms with E-state index in [0.29, 0.717) is 29.6 Å². The van der Waals surface area contributed by atoms with Gasteiger partial charge >= 0.3 is 23.9 Å². The molecule has 65 heavy (non-hydrogen) atoms. The number of ether oxygens (including phenoxy) is 2. The summed E-state index contributed by atoms with van der Waals surface area (Å²) in [6.07, 6.45) is 2.07. The number of benzene rings is 2. The first-order valence-corrected chi connectivity index (χ1v) is 18.5. The monoisotopic (exact) mass is 912 g/mol. The molecule has 0 unspecified atom stereocenters. The van der Waals surface area contributed by atoms with Gasteiger partial charge < -0.3 is 61.8 Å². The maximum atomic E-state index is 12.8. The molecule has 0 aliphatic heterocycles. The smallest absolute Gasteiger partial charge is 0.337 e. The van der Waals surface area contributed by atoms with Crippen LogP contribution in [0.2, 0.25) is 0 Å². The molecule has 0 heterocycles. The van der Waals surface area contributed by atoms with E-state index in [4.69, 9.17) is 31.2 Å². The van der Waals surface area contributed by atoms with Crippen molar-refractivity contribution in [2.75, 3.05) is 51.1 Å². The Morgan fingerprint density at radius 1 is 0.569 bits per heavy atom. The van der Waals surface area contributed by atoms with Crippen molar-refractivity contribution in [2.24, 2.45) is 10.8 Å². The molecule has 0 radical (unpaired) electrons. The van der Waals surface area contributed by atoms with E-state index in [0.717, 1.165) is 0 Å². The van der Waals surface area contributed by atoms with Crippen molar-refractivity contribution in [3.05, 3.63) is 134 Å². The Morgan fingerprint density at radius 3 is 1.26 bits per heavy atom. The molecule has 0 saturated carbocycles. The van der Waals surface area contributed by atoms with Crippen LogP contribution in [0.25, 0.3) is 0 Å². The minimum Gasteiger partial charge on any atom is -0.478 e. The van der Waals surface area contributed by atoms with Gasteiger partial charge in [0, 0.05) is 23.0 Å². The first kappa shape index (κ1) is 59.9. The van der Waals surface area contributed by atoms with Crippen LogP contribution in [-0.4, -0.2) is 139 Å². The lowest BCUT2D eigenvalue weighted by Gasteiger charge is -2.44. The number of aromatic carboxylic acids is 2. The van der Waals surface area contributed by atoms with Crippen LogP contribution < -0.4 is 11.5 Å². The number of Topliss-reactive ketones (excluding diaryl/α,β-unsaturated/α-hetero) is 2. The standard InChI is InChI=1S/C17H24O7.C14H18O7.2C7H7NO2/c1-10(2)13(21)17(14(22)11(3)4,24-15(23)12(5)6)16(7-18,8-19)9-20;1-4-10(18)14(11(19)5-2,21-12(20)6-3)13(7-15,8-16)9-17;8-6-3-1-2-5(4-6)7(9)10;8-6-4-2-1-3-5(6)7(9)10/h18-20H,1,3,5,7-9H2,2,4,6H3;4-6,15-17H,1-3,7-9H2;2*1-4H,8H2,(H,9,10). The summed E-state index contributed by atoms with van der Waals surface area (Å²) in [4.78, 5) is 94.2. The normalized spacial score (nSPS) is 10.8. The van der Waals surface area contributed by atoms with Crippen LogP contribution in [0.5, 0.6) is 0 Å². The molecule has 0 spiro atoms. The first-order chi connectivity index (χ1) is 30.2. The first-order valence-electron chi connectivity index (χ1n) is 18.5. The fourth-order valence-corrected chi connectivity index (χ4v) is 5.28. The zero-order valence-corrected chi connectivity index (χ0v) is 36.2. The number of hydrogen-bond acceptors (Lipinski definition) is 18. The number of ketones is 4. The number of carboxylic acid groups (broad SMARTS) is 2. The zero-order chi connectivity index (χ0) is 51.1. The third-order valence-corrected chi connectivity index (χ3v) is 9.13. The fraction of sp³-hybridized carbons (Fsp3) is 0.289. The zero-order valence-electron chi connectivity index (χ0n) is 36.2. The van der Waals surface area contributed by atoms with Gasteiger partial charge in [0.05, 0.1) is 61.6 Å². The molecule has 20 heteroatoms. The van der Waals surface area contributed by atoms with Crippen molar-refractivity contribution >= 4 is 58.4 Å². The lowest BCUT2D eigenvalue weighted by Crippen LogP contribution is -2.67. The summed E-state index contributed by atoms with van der Waals surface area (Å²) in [5, 5.41) is 74.6. The highest BCUT2D eigenvalue weighted by Gasteiger charge is 2.64. The van der Waals surface area contributed by atoms with Gasteiger partial charge in [0.15, 0.2) is 0 Å². The van der Waals surface area contributed by atoms with E-state index in [2.05, 4.69) is 39.5 Å². The summed E-state index contributed by atoms with van der Waals surface area (Å²) >= 11 is 0. The lowest BCUT2D eigenvalue weighted by molar-refractivity contribution is -0.196. The van der Waals surface area contributed by atoms with Crippen LogP contribution in [0.15, 0.2) is 123 Å². The number of aliphatic hydroxyl groups excluding tert-OH is 6. The maximum absolute atomic E-state index is 12.8. The van der Waals surface area contributed by atoms with Crippen molar-refractivity contribution in [3.63, 3.8) is 0 Å². The third-order valence-electron chi connectivity index (χ3n) is 9.13. The molecule has 0 fully saturated rings. The molecule has 354 valence electrons. The van der Waals surface area contributed by atoms with Crippen molar-refractivity contribution in [3.8, 4) is 0 Å². The second-order valence-electron chi connectivity index (χ2n) is 13.8. The molecule has 2 rings (SSSR count). The second-order valence-corrected chi connectivity index (χ2v) is 13.8. The van der Waals surface area contributed by atoms with E-state index in [1.165, 1.54) is 39.0 Å². The highest BCUT2D eigenvalue weighted by Crippen LogP contribution is 2.40. The van der Waals surface area contributed by atoms with Crippen LogP contribution in [0.3, 0.4) is 0 Å². The lowest BCUT2D eigenvalue weighted by atomic mass is 9.65. The average Bonchev–Trinajstić information content (AvgIpc) is 3.28. The average molecular weight is 913 g/mol. The molecule has 12 N–H and O–H groups in total. The highest BCUT2D eigenvalue weighted by atomic mass is 16.6. The Balaban J connectivity index is 0. The molecule has 20 nitrogen and oxygen atoms in total. The molecule has 0 bridgehead atoms.